The molecular formula is C30H29N3O2. The third-order valence-electron chi connectivity index (χ3n) is 6.15. The highest BCUT2D eigenvalue weighted by Gasteiger charge is 2.12. The molecule has 0 unspecified atom stereocenters. The lowest BCUT2D eigenvalue weighted by atomic mass is 10.1. The van der Waals surface area contributed by atoms with Crippen molar-refractivity contribution in [2.45, 2.75) is 13.8 Å². The molecule has 0 fully saturated rings. The van der Waals surface area contributed by atoms with E-state index in [9.17, 15) is 0 Å². The van der Waals surface area contributed by atoms with Gasteiger partial charge in [-0.05, 0) is 61.7 Å². The van der Waals surface area contributed by atoms with E-state index < -0.39 is 0 Å². The Morgan fingerprint density at radius 2 is 1.34 bits per heavy atom. The third-order valence-corrected chi connectivity index (χ3v) is 6.15. The third kappa shape index (κ3) is 4.90. The molecule has 176 valence electrons. The summed E-state index contributed by atoms with van der Waals surface area (Å²) in [5.41, 5.74) is 3.01. The smallest absolute Gasteiger partial charge is 0.225 e. The van der Waals surface area contributed by atoms with Crippen molar-refractivity contribution in [3.8, 4) is 23.0 Å². The molecule has 0 aliphatic rings. The van der Waals surface area contributed by atoms with Crippen LogP contribution in [0.25, 0.3) is 33.1 Å². The average Bonchev–Trinajstić information content (AvgIpc) is 2.92. The maximum atomic E-state index is 6.13. The molecular weight excluding hydrogens is 434 g/mol. The van der Waals surface area contributed by atoms with Crippen LogP contribution in [-0.2, 0) is 0 Å². The van der Waals surface area contributed by atoms with Gasteiger partial charge >= 0.3 is 0 Å². The van der Waals surface area contributed by atoms with Gasteiger partial charge in [-0.2, -0.15) is 4.98 Å². The van der Waals surface area contributed by atoms with Crippen molar-refractivity contribution in [3.05, 3.63) is 91.0 Å². The normalized spacial score (nSPS) is 11.0. The van der Waals surface area contributed by atoms with Gasteiger partial charge in [0.1, 0.15) is 19.0 Å². The number of para-hydroxylation sites is 1. The van der Waals surface area contributed by atoms with Gasteiger partial charge in [0.25, 0.3) is 0 Å². The van der Waals surface area contributed by atoms with Crippen molar-refractivity contribution >= 4 is 27.4 Å². The molecule has 0 aliphatic carbocycles. The Balaban J connectivity index is 1.35. The van der Waals surface area contributed by atoms with Gasteiger partial charge in [0, 0.05) is 29.7 Å². The minimum absolute atomic E-state index is 0.380. The highest BCUT2D eigenvalue weighted by molar-refractivity contribution is 5.88. The fourth-order valence-corrected chi connectivity index (χ4v) is 4.31. The Kier molecular flexibility index (Phi) is 6.75. The first-order chi connectivity index (χ1) is 17.3. The predicted molar refractivity (Wildman–Crippen MR) is 143 cm³/mol. The second kappa shape index (κ2) is 10.4. The van der Waals surface area contributed by atoms with E-state index in [1.165, 1.54) is 5.69 Å². The van der Waals surface area contributed by atoms with Gasteiger partial charge in [-0.25, -0.2) is 4.98 Å². The zero-order valence-corrected chi connectivity index (χ0v) is 20.1. The van der Waals surface area contributed by atoms with Crippen molar-refractivity contribution in [2.24, 2.45) is 0 Å². The summed E-state index contributed by atoms with van der Waals surface area (Å²) in [6.45, 7) is 7.07. The summed E-state index contributed by atoms with van der Waals surface area (Å²) in [4.78, 5) is 11.9. The van der Waals surface area contributed by atoms with Crippen molar-refractivity contribution in [3.63, 3.8) is 0 Å². The molecule has 0 spiro atoms. The second-order valence-electron chi connectivity index (χ2n) is 8.26. The molecule has 4 aromatic carbocycles. The Labute approximate surface area is 206 Å². The summed E-state index contributed by atoms with van der Waals surface area (Å²) < 4.78 is 12.2. The molecule has 0 N–H and O–H groups in total. The molecule has 0 radical (unpaired) electrons. The largest absolute Gasteiger partial charge is 0.489 e. The summed E-state index contributed by atoms with van der Waals surface area (Å²) in [6.07, 6.45) is 0. The maximum Gasteiger partial charge on any atom is 0.225 e. The summed E-state index contributed by atoms with van der Waals surface area (Å²) in [7, 11) is 0. The van der Waals surface area contributed by atoms with Crippen molar-refractivity contribution in [2.75, 3.05) is 31.2 Å². The Hall–Kier alpha value is -4.12. The van der Waals surface area contributed by atoms with Crippen molar-refractivity contribution < 1.29 is 9.47 Å². The Morgan fingerprint density at radius 1 is 0.657 bits per heavy atom. The summed E-state index contributed by atoms with van der Waals surface area (Å²) in [5.74, 6) is 2.08. The molecule has 5 nitrogen and oxygen atoms in total. The molecule has 5 heteroatoms. The SMILES string of the molecule is CCN(CC)c1ccc(-c2nc(OCCOc3cccc4ccccc34)c3ccccc3n2)cc1. The first-order valence-corrected chi connectivity index (χ1v) is 12.1. The van der Waals surface area contributed by atoms with E-state index >= 15 is 0 Å². The van der Waals surface area contributed by atoms with Crippen molar-refractivity contribution in [1.82, 2.24) is 9.97 Å². The molecule has 0 saturated heterocycles. The van der Waals surface area contributed by atoms with Crippen LogP contribution in [0.15, 0.2) is 91.0 Å². The zero-order chi connectivity index (χ0) is 24.0. The highest BCUT2D eigenvalue weighted by atomic mass is 16.5. The predicted octanol–water partition coefficient (Wildman–Crippen LogP) is 6.75. The quantitative estimate of drug-likeness (QED) is 0.226. The molecule has 1 aromatic heterocycles. The number of ether oxygens (including phenoxy) is 2. The Morgan fingerprint density at radius 3 is 2.14 bits per heavy atom. The lowest BCUT2D eigenvalue weighted by molar-refractivity contribution is 0.215. The van der Waals surface area contributed by atoms with Crippen molar-refractivity contribution in [1.29, 1.82) is 0 Å². The molecule has 5 rings (SSSR count). The summed E-state index contributed by atoms with van der Waals surface area (Å²) in [6, 6.07) is 30.6. The lowest BCUT2D eigenvalue weighted by Gasteiger charge is -2.21. The first-order valence-electron chi connectivity index (χ1n) is 12.1. The minimum atomic E-state index is 0.380. The van der Waals surface area contributed by atoms with Gasteiger partial charge in [-0.3, -0.25) is 0 Å². The van der Waals surface area contributed by atoms with Gasteiger partial charge in [0.2, 0.25) is 5.88 Å². The van der Waals surface area contributed by atoms with Gasteiger partial charge in [-0.1, -0.05) is 48.5 Å². The fourth-order valence-electron chi connectivity index (χ4n) is 4.31. The van der Waals surface area contributed by atoms with Gasteiger partial charge in [0.15, 0.2) is 5.82 Å². The minimum Gasteiger partial charge on any atom is -0.489 e. The average molecular weight is 464 g/mol. The lowest BCUT2D eigenvalue weighted by Crippen LogP contribution is -2.21. The van der Waals surface area contributed by atoms with Crippen LogP contribution in [-0.4, -0.2) is 36.3 Å². The van der Waals surface area contributed by atoms with Crippen LogP contribution in [0.3, 0.4) is 0 Å². The molecule has 5 aromatic rings. The van der Waals surface area contributed by atoms with Crippen LogP contribution >= 0.6 is 0 Å². The molecule has 0 amide bonds. The maximum absolute atomic E-state index is 6.13. The standard InChI is InChI=1S/C30H29N3O2/c1-3-33(4-2)24-18-16-23(17-19-24)29-31-27-14-8-7-13-26(27)30(32-29)35-21-20-34-28-15-9-11-22-10-5-6-12-25(22)28/h5-19H,3-4,20-21H2,1-2H3. The van der Waals surface area contributed by atoms with E-state index in [4.69, 9.17) is 19.4 Å². The number of benzene rings is 4. The first kappa shape index (κ1) is 22.7. The number of fused-ring (bicyclic) bond motifs is 2. The number of rotatable bonds is 9. The number of aromatic nitrogens is 2. The summed E-state index contributed by atoms with van der Waals surface area (Å²) >= 11 is 0. The van der Waals surface area contributed by atoms with E-state index in [1.54, 1.807) is 0 Å². The number of hydrogen-bond acceptors (Lipinski definition) is 5. The van der Waals surface area contributed by atoms with Crippen LogP contribution in [0.4, 0.5) is 5.69 Å². The van der Waals surface area contributed by atoms with Crippen LogP contribution in [0.1, 0.15) is 13.8 Å². The number of hydrogen-bond donors (Lipinski definition) is 0. The van der Waals surface area contributed by atoms with Gasteiger partial charge < -0.3 is 14.4 Å². The number of nitrogens with zero attached hydrogens (tertiary/aromatic N) is 3. The van der Waals surface area contributed by atoms with E-state index in [-0.39, 0.29) is 0 Å². The number of anilines is 1. The van der Waals surface area contributed by atoms with E-state index in [1.807, 2.05) is 48.5 Å². The van der Waals surface area contributed by atoms with Crippen LogP contribution in [0.5, 0.6) is 11.6 Å². The fraction of sp³-hybridized carbons (Fsp3) is 0.200. The topological polar surface area (TPSA) is 47.5 Å². The molecule has 35 heavy (non-hydrogen) atoms. The summed E-state index contributed by atoms with van der Waals surface area (Å²) in [5, 5.41) is 3.14. The Bertz CT molecular complexity index is 1420. The van der Waals surface area contributed by atoms with Gasteiger partial charge in [-0.15, -0.1) is 0 Å². The van der Waals surface area contributed by atoms with E-state index in [0.717, 1.165) is 46.1 Å². The van der Waals surface area contributed by atoms with Crippen LogP contribution < -0.4 is 14.4 Å². The van der Waals surface area contributed by atoms with E-state index in [2.05, 4.69) is 61.2 Å². The molecule has 0 atom stereocenters. The molecule has 0 aliphatic heterocycles. The monoisotopic (exact) mass is 463 g/mol. The van der Waals surface area contributed by atoms with E-state index in [0.29, 0.717) is 24.9 Å². The van der Waals surface area contributed by atoms with Crippen LogP contribution in [0, 0.1) is 0 Å². The van der Waals surface area contributed by atoms with Crippen LogP contribution in [0.2, 0.25) is 0 Å². The molecule has 0 saturated carbocycles. The zero-order valence-electron chi connectivity index (χ0n) is 20.1. The molecule has 1 heterocycles. The molecule has 0 bridgehead atoms. The second-order valence-corrected chi connectivity index (χ2v) is 8.26. The highest BCUT2D eigenvalue weighted by Crippen LogP contribution is 2.28. The van der Waals surface area contributed by atoms with Gasteiger partial charge in [0.05, 0.1) is 10.9 Å².